The molecule has 1 aliphatic rings. The lowest BCUT2D eigenvalue weighted by Gasteiger charge is -2.37. The first kappa shape index (κ1) is 16.6. The molecule has 1 aliphatic heterocycles. The predicted molar refractivity (Wildman–Crippen MR) is 97.7 cm³/mol. The Labute approximate surface area is 147 Å². The van der Waals surface area contributed by atoms with Gasteiger partial charge in [0.05, 0.1) is 10.7 Å². The van der Waals surface area contributed by atoms with Gasteiger partial charge in [0.25, 0.3) is 0 Å². The molecule has 1 saturated heterocycles. The Hall–Kier alpha value is -2.27. The van der Waals surface area contributed by atoms with Crippen molar-refractivity contribution >= 4 is 29.1 Å². The molecule has 6 heteroatoms. The number of piperidine rings is 1. The van der Waals surface area contributed by atoms with Crippen LogP contribution in [0.4, 0.5) is 16.3 Å². The number of nitrogens with zero attached hydrogens (tertiary/aromatic N) is 3. The molecule has 126 valence electrons. The Morgan fingerprint density at radius 3 is 2.58 bits per heavy atom. The highest BCUT2D eigenvalue weighted by Crippen LogP contribution is 2.23. The van der Waals surface area contributed by atoms with Crippen LogP contribution in [0.25, 0.3) is 0 Å². The van der Waals surface area contributed by atoms with Gasteiger partial charge in [-0.25, -0.2) is 9.78 Å². The third kappa shape index (κ3) is 3.79. The Bertz CT molecular complexity index is 686. The van der Waals surface area contributed by atoms with Crippen molar-refractivity contribution in [1.29, 1.82) is 0 Å². The summed E-state index contributed by atoms with van der Waals surface area (Å²) in [5, 5.41) is 3.42. The number of pyridine rings is 1. The van der Waals surface area contributed by atoms with E-state index in [0.29, 0.717) is 10.7 Å². The van der Waals surface area contributed by atoms with Crippen molar-refractivity contribution in [3.63, 3.8) is 0 Å². The second-order valence-corrected chi connectivity index (χ2v) is 6.33. The maximum atomic E-state index is 12.4. The van der Waals surface area contributed by atoms with Crippen molar-refractivity contribution in [2.45, 2.75) is 18.9 Å². The molecule has 1 aromatic carbocycles. The standard InChI is InChI=1S/C18H21ClN4O/c1-22(18(24)21-16-7-3-2-6-15(16)19)14-9-12-23(13-10-14)17-8-4-5-11-20-17/h2-8,11,14H,9-10,12-13H2,1H3,(H,21,24). The molecule has 3 rings (SSSR count). The third-order valence-corrected chi connectivity index (χ3v) is 4.75. The smallest absolute Gasteiger partial charge is 0.321 e. The van der Waals surface area contributed by atoms with E-state index in [1.807, 2.05) is 43.6 Å². The molecule has 1 fully saturated rings. The molecule has 0 unspecified atom stereocenters. The van der Waals surface area contributed by atoms with Crippen molar-refractivity contribution < 1.29 is 4.79 Å². The lowest BCUT2D eigenvalue weighted by atomic mass is 10.0. The van der Waals surface area contributed by atoms with Gasteiger partial charge >= 0.3 is 6.03 Å². The van der Waals surface area contributed by atoms with Crippen LogP contribution in [0.2, 0.25) is 5.02 Å². The lowest BCUT2D eigenvalue weighted by molar-refractivity contribution is 0.193. The fourth-order valence-electron chi connectivity index (χ4n) is 2.95. The van der Waals surface area contributed by atoms with Gasteiger partial charge in [-0.2, -0.15) is 0 Å². The van der Waals surface area contributed by atoms with Crippen LogP contribution in [0.1, 0.15) is 12.8 Å². The number of hydrogen-bond donors (Lipinski definition) is 1. The molecule has 2 heterocycles. The Morgan fingerprint density at radius 1 is 1.21 bits per heavy atom. The Kier molecular flexibility index (Phi) is 5.20. The number of urea groups is 1. The summed E-state index contributed by atoms with van der Waals surface area (Å²) in [6, 6.07) is 13.3. The normalized spacial score (nSPS) is 15.2. The number of amides is 2. The van der Waals surface area contributed by atoms with E-state index < -0.39 is 0 Å². The van der Waals surface area contributed by atoms with E-state index in [4.69, 9.17) is 11.6 Å². The van der Waals surface area contributed by atoms with Crippen LogP contribution in [0, 0.1) is 0 Å². The van der Waals surface area contributed by atoms with Crippen molar-refractivity contribution in [3.05, 3.63) is 53.7 Å². The lowest BCUT2D eigenvalue weighted by Crippen LogP contribution is -2.47. The summed E-state index contributed by atoms with van der Waals surface area (Å²) in [5.41, 5.74) is 0.641. The van der Waals surface area contributed by atoms with Crippen LogP contribution < -0.4 is 10.2 Å². The highest BCUT2D eigenvalue weighted by atomic mass is 35.5. The summed E-state index contributed by atoms with van der Waals surface area (Å²) >= 11 is 6.10. The maximum absolute atomic E-state index is 12.4. The summed E-state index contributed by atoms with van der Waals surface area (Å²) in [5.74, 6) is 0.999. The quantitative estimate of drug-likeness (QED) is 0.919. The van der Waals surface area contributed by atoms with E-state index >= 15 is 0 Å². The number of hydrogen-bond acceptors (Lipinski definition) is 3. The average Bonchev–Trinajstić information content (AvgIpc) is 2.64. The van der Waals surface area contributed by atoms with Gasteiger partial charge in [-0.1, -0.05) is 29.8 Å². The number of para-hydroxylation sites is 1. The van der Waals surface area contributed by atoms with Crippen LogP contribution in [0.15, 0.2) is 48.7 Å². The number of aromatic nitrogens is 1. The van der Waals surface area contributed by atoms with Gasteiger partial charge in [0, 0.05) is 32.4 Å². The minimum Gasteiger partial charge on any atom is -0.356 e. The van der Waals surface area contributed by atoms with E-state index in [9.17, 15) is 4.79 Å². The number of rotatable bonds is 3. The van der Waals surface area contributed by atoms with Crippen molar-refractivity contribution in [1.82, 2.24) is 9.88 Å². The molecule has 24 heavy (non-hydrogen) atoms. The molecule has 0 saturated carbocycles. The van der Waals surface area contributed by atoms with E-state index in [2.05, 4.69) is 15.2 Å². The van der Waals surface area contributed by atoms with Crippen molar-refractivity contribution in [3.8, 4) is 0 Å². The monoisotopic (exact) mass is 344 g/mol. The second-order valence-electron chi connectivity index (χ2n) is 5.93. The van der Waals surface area contributed by atoms with Crippen molar-refractivity contribution in [2.75, 3.05) is 30.4 Å². The Balaban J connectivity index is 1.56. The number of carbonyl (C=O) groups is 1. The molecule has 0 atom stereocenters. The molecule has 0 aliphatic carbocycles. The summed E-state index contributed by atoms with van der Waals surface area (Å²) in [7, 11) is 1.84. The zero-order chi connectivity index (χ0) is 16.9. The largest absolute Gasteiger partial charge is 0.356 e. The maximum Gasteiger partial charge on any atom is 0.321 e. The van der Waals surface area contributed by atoms with Gasteiger partial charge in [-0.05, 0) is 37.1 Å². The SMILES string of the molecule is CN(C(=O)Nc1ccccc1Cl)C1CCN(c2ccccn2)CC1. The molecule has 5 nitrogen and oxygen atoms in total. The third-order valence-electron chi connectivity index (χ3n) is 4.42. The molecule has 2 amide bonds. The highest BCUT2D eigenvalue weighted by Gasteiger charge is 2.26. The van der Waals surface area contributed by atoms with Gasteiger partial charge in [0.1, 0.15) is 5.82 Å². The number of nitrogens with one attached hydrogen (secondary N) is 1. The van der Waals surface area contributed by atoms with E-state index in [0.717, 1.165) is 31.7 Å². The van der Waals surface area contributed by atoms with Gasteiger partial charge in [-0.15, -0.1) is 0 Å². The van der Waals surface area contributed by atoms with Crippen LogP contribution in [0.5, 0.6) is 0 Å². The highest BCUT2D eigenvalue weighted by molar-refractivity contribution is 6.33. The van der Waals surface area contributed by atoms with Crippen LogP contribution in [0.3, 0.4) is 0 Å². The van der Waals surface area contributed by atoms with E-state index in [-0.39, 0.29) is 12.1 Å². The first-order chi connectivity index (χ1) is 11.6. The number of halogens is 1. The molecule has 0 bridgehead atoms. The summed E-state index contributed by atoms with van der Waals surface area (Å²) in [6.07, 6.45) is 3.65. The van der Waals surface area contributed by atoms with Gasteiger partial charge < -0.3 is 15.1 Å². The van der Waals surface area contributed by atoms with Crippen LogP contribution >= 0.6 is 11.6 Å². The van der Waals surface area contributed by atoms with E-state index in [1.165, 1.54) is 0 Å². The van der Waals surface area contributed by atoms with Gasteiger partial charge in [-0.3, -0.25) is 0 Å². The molecular formula is C18H21ClN4O. The van der Waals surface area contributed by atoms with E-state index in [1.54, 1.807) is 17.0 Å². The molecule has 1 N–H and O–H groups in total. The minimum atomic E-state index is -0.126. The summed E-state index contributed by atoms with van der Waals surface area (Å²) in [4.78, 5) is 20.9. The molecule has 0 spiro atoms. The molecule has 1 aromatic heterocycles. The first-order valence-electron chi connectivity index (χ1n) is 8.09. The van der Waals surface area contributed by atoms with Gasteiger partial charge in [0.2, 0.25) is 0 Å². The predicted octanol–water partition coefficient (Wildman–Crippen LogP) is 3.87. The topological polar surface area (TPSA) is 48.5 Å². The summed E-state index contributed by atoms with van der Waals surface area (Å²) in [6.45, 7) is 1.79. The number of carbonyl (C=O) groups excluding carboxylic acids is 1. The second kappa shape index (κ2) is 7.53. The zero-order valence-electron chi connectivity index (χ0n) is 13.7. The zero-order valence-corrected chi connectivity index (χ0v) is 14.4. The molecule has 0 radical (unpaired) electrons. The van der Waals surface area contributed by atoms with Crippen LogP contribution in [-0.2, 0) is 0 Å². The number of anilines is 2. The molecular weight excluding hydrogens is 324 g/mol. The summed E-state index contributed by atoms with van der Waals surface area (Å²) < 4.78 is 0. The fraction of sp³-hybridized carbons (Fsp3) is 0.333. The molecule has 2 aromatic rings. The Morgan fingerprint density at radius 2 is 1.92 bits per heavy atom. The van der Waals surface area contributed by atoms with Crippen molar-refractivity contribution in [2.24, 2.45) is 0 Å². The van der Waals surface area contributed by atoms with Crippen LogP contribution in [-0.4, -0.2) is 42.1 Å². The first-order valence-corrected chi connectivity index (χ1v) is 8.47. The van der Waals surface area contributed by atoms with Gasteiger partial charge in [0.15, 0.2) is 0 Å². The fourth-order valence-corrected chi connectivity index (χ4v) is 3.14. The number of benzene rings is 1. The minimum absolute atomic E-state index is 0.126. The average molecular weight is 345 g/mol.